The van der Waals surface area contributed by atoms with Crippen molar-refractivity contribution in [1.29, 1.82) is 0 Å². The Morgan fingerprint density at radius 2 is 1.72 bits per heavy atom. The van der Waals surface area contributed by atoms with E-state index in [0.717, 1.165) is 11.3 Å². The molecule has 0 fully saturated rings. The van der Waals surface area contributed by atoms with Gasteiger partial charge in [0.25, 0.3) is 5.56 Å². The second kappa shape index (κ2) is 6.98. The Bertz CT molecular complexity index is 1690. The number of nitrogens with zero attached hydrogens (tertiary/aromatic N) is 6. The first kappa shape index (κ1) is 18.2. The van der Waals surface area contributed by atoms with Crippen molar-refractivity contribution < 1.29 is 4.42 Å². The van der Waals surface area contributed by atoms with E-state index < -0.39 is 0 Å². The zero-order chi connectivity index (χ0) is 21.7. The average Bonchev–Trinajstić information content (AvgIpc) is 3.43. The second-order valence-electron chi connectivity index (χ2n) is 7.41. The Labute approximate surface area is 181 Å². The van der Waals surface area contributed by atoms with E-state index in [0.29, 0.717) is 39.0 Å². The first-order valence-electron chi connectivity index (χ1n) is 10.0. The number of fused-ring (bicyclic) bond motifs is 4. The fourth-order valence-electron chi connectivity index (χ4n) is 3.70. The SMILES string of the molecule is Cc1ccc(-n2cnc3c(c2=O)c2nc4ccccc4nc2n3N=Cc2ccco2)cc1. The minimum atomic E-state index is -0.236. The maximum absolute atomic E-state index is 13.6. The third kappa shape index (κ3) is 2.81. The van der Waals surface area contributed by atoms with Gasteiger partial charge in [-0.3, -0.25) is 9.36 Å². The zero-order valence-corrected chi connectivity index (χ0v) is 17.0. The van der Waals surface area contributed by atoms with Crippen LogP contribution in [-0.2, 0) is 0 Å². The van der Waals surface area contributed by atoms with Gasteiger partial charge in [-0.15, -0.1) is 0 Å². The van der Waals surface area contributed by atoms with Crippen molar-refractivity contribution >= 4 is 39.4 Å². The molecular weight excluding hydrogens is 404 g/mol. The lowest BCUT2D eigenvalue weighted by atomic mass is 10.2. The van der Waals surface area contributed by atoms with E-state index in [1.807, 2.05) is 55.5 Å². The van der Waals surface area contributed by atoms with Gasteiger partial charge in [0.15, 0.2) is 11.3 Å². The lowest BCUT2D eigenvalue weighted by Crippen LogP contribution is -2.18. The summed E-state index contributed by atoms with van der Waals surface area (Å²) in [6.07, 6.45) is 4.63. The number of rotatable bonds is 3. The van der Waals surface area contributed by atoms with Crippen molar-refractivity contribution in [3.8, 4) is 5.69 Å². The Balaban J connectivity index is 1.69. The van der Waals surface area contributed by atoms with Crippen molar-refractivity contribution in [2.24, 2.45) is 5.10 Å². The molecular formula is C24H16N6O2. The summed E-state index contributed by atoms with van der Waals surface area (Å²) in [5, 5.41) is 4.87. The molecule has 0 spiro atoms. The number of aryl methyl sites for hydroxylation is 1. The molecule has 0 amide bonds. The molecule has 8 heteroatoms. The molecule has 0 aliphatic rings. The highest BCUT2D eigenvalue weighted by Crippen LogP contribution is 2.25. The number of benzene rings is 2. The van der Waals surface area contributed by atoms with Crippen LogP contribution < -0.4 is 5.56 Å². The van der Waals surface area contributed by atoms with Crippen LogP contribution in [0.15, 0.2) is 87.6 Å². The number of hydrogen-bond donors (Lipinski definition) is 0. The maximum Gasteiger partial charge on any atom is 0.269 e. The first-order chi connectivity index (χ1) is 15.7. The summed E-state index contributed by atoms with van der Waals surface area (Å²) in [6.45, 7) is 2.00. The number of aromatic nitrogens is 5. The molecule has 2 aromatic carbocycles. The van der Waals surface area contributed by atoms with Crippen molar-refractivity contribution in [3.05, 3.63) is 94.9 Å². The van der Waals surface area contributed by atoms with Crippen LogP contribution in [-0.4, -0.2) is 30.4 Å². The lowest BCUT2D eigenvalue weighted by Gasteiger charge is -2.05. The van der Waals surface area contributed by atoms with Crippen molar-refractivity contribution in [2.45, 2.75) is 6.92 Å². The first-order valence-corrected chi connectivity index (χ1v) is 10.0. The van der Waals surface area contributed by atoms with Crippen molar-refractivity contribution in [2.75, 3.05) is 0 Å². The highest BCUT2D eigenvalue weighted by molar-refractivity contribution is 6.04. The van der Waals surface area contributed by atoms with E-state index in [9.17, 15) is 4.79 Å². The summed E-state index contributed by atoms with van der Waals surface area (Å²) >= 11 is 0. The molecule has 4 heterocycles. The van der Waals surface area contributed by atoms with Crippen LogP contribution >= 0.6 is 0 Å². The standard InChI is InChI=1S/C24H16N6O2/c1-15-8-10-16(11-9-15)29-14-25-22-20(24(29)31)21-23(28-19-7-3-2-6-18(19)27-21)30(22)26-13-17-5-4-12-32-17/h2-14H,1H3. The molecule has 0 atom stereocenters. The minimum Gasteiger partial charge on any atom is -0.463 e. The van der Waals surface area contributed by atoms with Crippen LogP contribution in [0, 0.1) is 6.92 Å². The van der Waals surface area contributed by atoms with Gasteiger partial charge in [-0.05, 0) is 43.3 Å². The number of para-hydroxylation sites is 2. The van der Waals surface area contributed by atoms with Crippen LogP contribution in [0.25, 0.3) is 38.9 Å². The predicted octanol–water partition coefficient (Wildman–Crippen LogP) is 4.07. The summed E-state index contributed by atoms with van der Waals surface area (Å²) in [7, 11) is 0. The summed E-state index contributed by atoms with van der Waals surface area (Å²) in [5.74, 6) is 0.571. The molecule has 0 radical (unpaired) electrons. The number of hydrogen-bond acceptors (Lipinski definition) is 6. The quantitative estimate of drug-likeness (QED) is 0.403. The molecule has 0 bridgehead atoms. The topological polar surface area (TPSA) is 91.1 Å². The molecule has 0 aliphatic heterocycles. The normalized spacial score (nSPS) is 11.9. The fraction of sp³-hybridized carbons (Fsp3) is 0.0417. The molecule has 154 valence electrons. The van der Waals surface area contributed by atoms with E-state index in [1.54, 1.807) is 24.6 Å². The van der Waals surface area contributed by atoms with Crippen molar-refractivity contribution in [3.63, 3.8) is 0 Å². The van der Waals surface area contributed by atoms with E-state index in [4.69, 9.17) is 14.4 Å². The van der Waals surface area contributed by atoms with Crippen LogP contribution in [0.5, 0.6) is 0 Å². The molecule has 0 N–H and O–H groups in total. The minimum absolute atomic E-state index is 0.236. The summed E-state index contributed by atoms with van der Waals surface area (Å²) in [5.41, 5.74) is 4.28. The lowest BCUT2D eigenvalue weighted by molar-refractivity contribution is 0.559. The second-order valence-corrected chi connectivity index (χ2v) is 7.41. The molecule has 0 aliphatic carbocycles. The number of furan rings is 1. The van der Waals surface area contributed by atoms with Gasteiger partial charge in [-0.25, -0.2) is 15.0 Å². The van der Waals surface area contributed by atoms with Gasteiger partial charge < -0.3 is 4.42 Å². The molecule has 6 rings (SSSR count). The van der Waals surface area contributed by atoms with Gasteiger partial charge >= 0.3 is 0 Å². The van der Waals surface area contributed by atoms with Crippen LogP contribution in [0.3, 0.4) is 0 Å². The third-order valence-electron chi connectivity index (χ3n) is 5.30. The van der Waals surface area contributed by atoms with E-state index in [1.165, 1.54) is 15.6 Å². The van der Waals surface area contributed by atoms with Gasteiger partial charge in [-0.1, -0.05) is 29.8 Å². The smallest absolute Gasteiger partial charge is 0.269 e. The summed E-state index contributed by atoms with van der Waals surface area (Å²) in [4.78, 5) is 27.6. The Morgan fingerprint density at radius 3 is 2.47 bits per heavy atom. The van der Waals surface area contributed by atoms with Gasteiger partial charge in [0.2, 0.25) is 0 Å². The molecule has 4 aromatic heterocycles. The van der Waals surface area contributed by atoms with Gasteiger partial charge in [0.05, 0.1) is 29.2 Å². The van der Waals surface area contributed by atoms with E-state index in [-0.39, 0.29) is 5.56 Å². The molecule has 0 saturated carbocycles. The highest BCUT2D eigenvalue weighted by Gasteiger charge is 2.20. The third-order valence-corrected chi connectivity index (χ3v) is 5.30. The van der Waals surface area contributed by atoms with Gasteiger partial charge in [0, 0.05) is 0 Å². The Morgan fingerprint density at radius 1 is 0.938 bits per heavy atom. The van der Waals surface area contributed by atoms with Crippen LogP contribution in [0.4, 0.5) is 0 Å². The largest absolute Gasteiger partial charge is 0.463 e. The average molecular weight is 420 g/mol. The maximum atomic E-state index is 13.6. The Kier molecular flexibility index (Phi) is 3.97. The monoisotopic (exact) mass is 420 g/mol. The van der Waals surface area contributed by atoms with Crippen LogP contribution in [0.1, 0.15) is 11.3 Å². The summed E-state index contributed by atoms with van der Waals surface area (Å²) in [6, 6.07) is 18.8. The fourth-order valence-corrected chi connectivity index (χ4v) is 3.70. The highest BCUT2D eigenvalue weighted by atomic mass is 16.3. The van der Waals surface area contributed by atoms with E-state index in [2.05, 4.69) is 10.1 Å². The van der Waals surface area contributed by atoms with Crippen molar-refractivity contribution in [1.82, 2.24) is 24.2 Å². The van der Waals surface area contributed by atoms with E-state index >= 15 is 0 Å². The zero-order valence-electron chi connectivity index (χ0n) is 17.0. The molecule has 0 saturated heterocycles. The molecule has 0 unspecified atom stereocenters. The summed E-state index contributed by atoms with van der Waals surface area (Å²) < 4.78 is 8.40. The molecule has 8 nitrogen and oxygen atoms in total. The molecule has 32 heavy (non-hydrogen) atoms. The van der Waals surface area contributed by atoms with Crippen LogP contribution in [0.2, 0.25) is 0 Å². The molecule has 6 aromatic rings. The van der Waals surface area contributed by atoms with Gasteiger partial charge in [0.1, 0.15) is 23.0 Å². The van der Waals surface area contributed by atoms with Gasteiger partial charge in [-0.2, -0.15) is 9.78 Å². The predicted molar refractivity (Wildman–Crippen MR) is 122 cm³/mol. The Hall–Kier alpha value is -4.59.